The number of pyridine rings is 1. The van der Waals surface area contributed by atoms with Crippen LogP contribution in [0.15, 0.2) is 40.9 Å². The van der Waals surface area contributed by atoms with E-state index < -0.39 is 0 Å². The van der Waals surface area contributed by atoms with Gasteiger partial charge in [-0.2, -0.15) is 0 Å². The van der Waals surface area contributed by atoms with Gasteiger partial charge in [0.05, 0.1) is 24.2 Å². The number of hydrogen-bond acceptors (Lipinski definition) is 6. The van der Waals surface area contributed by atoms with Crippen LogP contribution in [0.1, 0.15) is 54.1 Å². The van der Waals surface area contributed by atoms with Gasteiger partial charge in [0.15, 0.2) is 0 Å². The molecule has 3 aromatic rings. The highest BCUT2D eigenvalue weighted by Crippen LogP contribution is 2.41. The van der Waals surface area contributed by atoms with Crippen molar-refractivity contribution in [3.63, 3.8) is 0 Å². The van der Waals surface area contributed by atoms with Crippen LogP contribution in [0.2, 0.25) is 0 Å². The number of benzene rings is 1. The van der Waals surface area contributed by atoms with Gasteiger partial charge in [0, 0.05) is 43.4 Å². The number of piperidine rings is 1. The Morgan fingerprint density at radius 2 is 1.76 bits per heavy atom. The van der Waals surface area contributed by atoms with Gasteiger partial charge in [-0.25, -0.2) is 4.98 Å². The summed E-state index contributed by atoms with van der Waals surface area (Å²) in [6.45, 7) is 6.54. The second-order valence-electron chi connectivity index (χ2n) is 9.92. The van der Waals surface area contributed by atoms with Gasteiger partial charge >= 0.3 is 0 Å². The number of fused-ring (bicyclic) bond motifs is 1. The zero-order chi connectivity index (χ0) is 22.9. The van der Waals surface area contributed by atoms with E-state index in [0.717, 1.165) is 88.3 Å². The van der Waals surface area contributed by atoms with Crippen molar-refractivity contribution in [2.24, 2.45) is 5.92 Å². The topological polar surface area (TPSA) is 71.7 Å². The SMILES string of the molecule is O=C(c1cc(C2CC2)nc2onc(-c3ccccc3)c12)N1CCC(CCN2CCOCC2)CC1. The number of carbonyl (C=O) groups is 1. The van der Waals surface area contributed by atoms with Crippen molar-refractivity contribution >= 4 is 17.0 Å². The van der Waals surface area contributed by atoms with Crippen LogP contribution in [0, 0.1) is 5.92 Å². The summed E-state index contributed by atoms with van der Waals surface area (Å²) in [6, 6.07) is 11.9. The smallest absolute Gasteiger partial charge is 0.259 e. The molecule has 4 heterocycles. The molecule has 2 aliphatic heterocycles. The van der Waals surface area contributed by atoms with E-state index in [1.807, 2.05) is 41.3 Å². The molecule has 0 spiro atoms. The Morgan fingerprint density at radius 3 is 2.50 bits per heavy atom. The van der Waals surface area contributed by atoms with Crippen molar-refractivity contribution < 1.29 is 14.1 Å². The van der Waals surface area contributed by atoms with Gasteiger partial charge < -0.3 is 14.2 Å². The maximum Gasteiger partial charge on any atom is 0.259 e. The number of nitrogens with zero attached hydrogens (tertiary/aromatic N) is 4. The summed E-state index contributed by atoms with van der Waals surface area (Å²) in [4.78, 5) is 23.1. The molecule has 2 aromatic heterocycles. The zero-order valence-electron chi connectivity index (χ0n) is 19.6. The summed E-state index contributed by atoms with van der Waals surface area (Å²) >= 11 is 0. The fourth-order valence-electron chi connectivity index (χ4n) is 5.31. The standard InChI is InChI=1S/C27H32N4O3/c32-27(31-12-9-19(10-13-31)8-11-30-14-16-33-17-15-30)22-18-23(20-6-7-20)28-26-24(22)25(29-34-26)21-4-2-1-3-5-21/h1-5,18-20H,6-17H2. The number of morpholine rings is 1. The third kappa shape index (κ3) is 4.46. The van der Waals surface area contributed by atoms with E-state index in [1.54, 1.807) is 0 Å². The molecule has 7 nitrogen and oxygen atoms in total. The second-order valence-corrected chi connectivity index (χ2v) is 9.92. The van der Waals surface area contributed by atoms with Gasteiger partial charge in [-0.15, -0.1) is 0 Å². The highest BCUT2D eigenvalue weighted by molar-refractivity contribution is 6.09. The van der Waals surface area contributed by atoms with E-state index in [0.29, 0.717) is 28.8 Å². The van der Waals surface area contributed by atoms with Gasteiger partial charge in [0.1, 0.15) is 5.69 Å². The fraction of sp³-hybridized carbons (Fsp3) is 0.519. The molecule has 6 rings (SSSR count). The molecule has 0 N–H and O–H groups in total. The lowest BCUT2D eigenvalue weighted by Crippen LogP contribution is -2.41. The van der Waals surface area contributed by atoms with E-state index in [4.69, 9.17) is 14.2 Å². The van der Waals surface area contributed by atoms with Crippen LogP contribution in [0.3, 0.4) is 0 Å². The third-order valence-corrected chi connectivity index (χ3v) is 7.60. The quantitative estimate of drug-likeness (QED) is 0.545. The van der Waals surface area contributed by atoms with Gasteiger partial charge in [0.2, 0.25) is 0 Å². The van der Waals surface area contributed by atoms with Gasteiger partial charge in [-0.05, 0) is 50.6 Å². The summed E-state index contributed by atoms with van der Waals surface area (Å²) in [7, 11) is 0. The summed E-state index contributed by atoms with van der Waals surface area (Å²) < 4.78 is 11.1. The van der Waals surface area contributed by atoms with E-state index >= 15 is 0 Å². The largest absolute Gasteiger partial charge is 0.379 e. The van der Waals surface area contributed by atoms with Crippen LogP contribution < -0.4 is 0 Å². The molecule has 3 aliphatic rings. The average Bonchev–Trinajstić information content (AvgIpc) is 3.67. The number of hydrogen-bond donors (Lipinski definition) is 0. The summed E-state index contributed by atoms with van der Waals surface area (Å²) in [5.41, 5.74) is 3.78. The van der Waals surface area contributed by atoms with Crippen molar-refractivity contribution in [2.75, 3.05) is 45.9 Å². The number of ether oxygens (including phenoxy) is 1. The molecule has 0 atom stereocenters. The minimum Gasteiger partial charge on any atom is -0.379 e. The molecule has 0 radical (unpaired) electrons. The second kappa shape index (κ2) is 9.47. The fourth-order valence-corrected chi connectivity index (χ4v) is 5.31. The molecule has 0 unspecified atom stereocenters. The maximum atomic E-state index is 13.8. The molecule has 1 aliphatic carbocycles. The lowest BCUT2D eigenvalue weighted by Gasteiger charge is -2.34. The van der Waals surface area contributed by atoms with Crippen LogP contribution in [-0.2, 0) is 4.74 Å². The van der Waals surface area contributed by atoms with Crippen LogP contribution >= 0.6 is 0 Å². The van der Waals surface area contributed by atoms with Gasteiger partial charge in [-0.3, -0.25) is 9.69 Å². The highest BCUT2D eigenvalue weighted by atomic mass is 16.5. The van der Waals surface area contributed by atoms with E-state index in [1.165, 1.54) is 6.42 Å². The zero-order valence-corrected chi connectivity index (χ0v) is 19.6. The normalized spacial score (nSPS) is 20.2. The summed E-state index contributed by atoms with van der Waals surface area (Å²) in [6.07, 6.45) is 5.59. The monoisotopic (exact) mass is 460 g/mol. The number of rotatable bonds is 6. The van der Waals surface area contributed by atoms with Crippen molar-refractivity contribution in [3.05, 3.63) is 47.7 Å². The molecule has 2 saturated heterocycles. The Labute approximate surface area is 200 Å². The third-order valence-electron chi connectivity index (χ3n) is 7.60. The Morgan fingerprint density at radius 1 is 1.00 bits per heavy atom. The van der Waals surface area contributed by atoms with Crippen LogP contribution in [0.25, 0.3) is 22.4 Å². The van der Waals surface area contributed by atoms with Crippen LogP contribution in [-0.4, -0.2) is 71.8 Å². The minimum atomic E-state index is 0.0845. The Kier molecular flexibility index (Phi) is 6.05. The molecule has 1 aromatic carbocycles. The first-order valence-corrected chi connectivity index (χ1v) is 12.7. The molecular formula is C27H32N4O3. The molecule has 1 amide bonds. The number of carbonyl (C=O) groups excluding carboxylic acids is 1. The Hall–Kier alpha value is -2.77. The number of amides is 1. The predicted octanol–water partition coefficient (Wildman–Crippen LogP) is 4.34. The lowest BCUT2D eigenvalue weighted by molar-refractivity contribution is 0.0332. The number of aromatic nitrogens is 2. The maximum absolute atomic E-state index is 13.8. The molecular weight excluding hydrogens is 428 g/mol. The van der Waals surface area contributed by atoms with Gasteiger partial charge in [0.25, 0.3) is 11.6 Å². The molecule has 3 fully saturated rings. The first-order chi connectivity index (χ1) is 16.8. The lowest BCUT2D eigenvalue weighted by atomic mass is 9.92. The van der Waals surface area contributed by atoms with Crippen molar-refractivity contribution in [1.82, 2.24) is 19.9 Å². The Balaban J connectivity index is 1.21. The van der Waals surface area contributed by atoms with Crippen LogP contribution in [0.5, 0.6) is 0 Å². The average molecular weight is 461 g/mol. The molecule has 0 bridgehead atoms. The van der Waals surface area contributed by atoms with Crippen LogP contribution in [0.4, 0.5) is 0 Å². The predicted molar refractivity (Wildman–Crippen MR) is 130 cm³/mol. The first kappa shape index (κ1) is 21.7. The summed E-state index contributed by atoms with van der Waals surface area (Å²) in [5, 5.41) is 5.08. The van der Waals surface area contributed by atoms with Crippen molar-refractivity contribution in [2.45, 2.75) is 38.0 Å². The van der Waals surface area contributed by atoms with E-state index in [2.05, 4.69) is 10.1 Å². The van der Waals surface area contributed by atoms with Crippen molar-refractivity contribution in [1.29, 1.82) is 0 Å². The minimum absolute atomic E-state index is 0.0845. The molecule has 34 heavy (non-hydrogen) atoms. The Bertz CT molecular complexity index is 1140. The van der Waals surface area contributed by atoms with Crippen molar-refractivity contribution in [3.8, 4) is 11.3 Å². The molecule has 178 valence electrons. The first-order valence-electron chi connectivity index (χ1n) is 12.7. The number of likely N-dealkylation sites (tertiary alicyclic amines) is 1. The van der Waals surface area contributed by atoms with E-state index in [-0.39, 0.29) is 5.91 Å². The molecule has 7 heteroatoms. The molecule has 1 saturated carbocycles. The van der Waals surface area contributed by atoms with E-state index in [9.17, 15) is 4.79 Å². The summed E-state index contributed by atoms with van der Waals surface area (Å²) in [5.74, 6) is 1.20. The van der Waals surface area contributed by atoms with Gasteiger partial charge in [-0.1, -0.05) is 35.5 Å². The highest BCUT2D eigenvalue weighted by Gasteiger charge is 2.32.